The van der Waals surface area contributed by atoms with Crippen molar-refractivity contribution in [3.63, 3.8) is 0 Å². The van der Waals surface area contributed by atoms with Gasteiger partial charge in [0, 0.05) is 16.3 Å². The third-order valence-electron chi connectivity index (χ3n) is 2.94. The van der Waals surface area contributed by atoms with Crippen molar-refractivity contribution in [2.24, 2.45) is 0 Å². The van der Waals surface area contributed by atoms with E-state index in [1.165, 1.54) is 11.8 Å². The second kappa shape index (κ2) is 7.74. The fraction of sp³-hybridized carbons (Fsp3) is 0.188. The molecule has 0 saturated heterocycles. The lowest BCUT2D eigenvalue weighted by atomic mass is 10.2. The van der Waals surface area contributed by atoms with Crippen molar-refractivity contribution in [3.05, 3.63) is 64.1 Å². The molecule has 2 aromatic carbocycles. The lowest BCUT2D eigenvalue weighted by molar-refractivity contribution is -0.115. The van der Waals surface area contributed by atoms with Crippen LogP contribution in [-0.2, 0) is 10.5 Å². The number of hydrogen-bond acceptors (Lipinski definition) is 2. The van der Waals surface area contributed by atoms with Gasteiger partial charge >= 0.3 is 0 Å². The predicted octanol–water partition coefficient (Wildman–Crippen LogP) is 4.99. The van der Waals surface area contributed by atoms with Gasteiger partial charge in [-0.3, -0.25) is 4.79 Å². The zero-order valence-corrected chi connectivity index (χ0v) is 14.2. The molecule has 22 heavy (non-hydrogen) atoms. The maximum absolute atomic E-state index is 13.5. The van der Waals surface area contributed by atoms with Gasteiger partial charge in [-0.2, -0.15) is 0 Å². The molecule has 0 aliphatic heterocycles. The molecular formula is C16H14BrF2NOS. The summed E-state index contributed by atoms with van der Waals surface area (Å²) in [6.45, 7) is 1.73. The molecule has 2 aromatic rings. The van der Waals surface area contributed by atoms with Crippen molar-refractivity contribution >= 4 is 39.3 Å². The number of carbonyl (C=O) groups excluding carboxylic acids is 1. The van der Waals surface area contributed by atoms with Gasteiger partial charge in [0.2, 0.25) is 5.91 Å². The summed E-state index contributed by atoms with van der Waals surface area (Å²) >= 11 is 4.82. The molecule has 2 rings (SSSR count). The fourth-order valence-electron chi connectivity index (χ4n) is 1.75. The number of benzene rings is 2. The highest BCUT2D eigenvalue weighted by atomic mass is 79.9. The van der Waals surface area contributed by atoms with E-state index in [0.717, 1.165) is 28.2 Å². The number of nitrogens with one attached hydrogen (secondary N) is 1. The van der Waals surface area contributed by atoms with E-state index in [1.807, 2.05) is 24.3 Å². The summed E-state index contributed by atoms with van der Waals surface area (Å²) in [4.78, 5) is 12.0. The van der Waals surface area contributed by atoms with Gasteiger partial charge in [0.25, 0.3) is 0 Å². The fourth-order valence-corrected chi connectivity index (χ4v) is 3.03. The normalized spacial score (nSPS) is 12.0. The van der Waals surface area contributed by atoms with E-state index >= 15 is 0 Å². The first-order valence-corrected chi connectivity index (χ1v) is 8.42. The van der Waals surface area contributed by atoms with E-state index in [0.29, 0.717) is 5.75 Å². The van der Waals surface area contributed by atoms with Crippen molar-refractivity contribution in [1.29, 1.82) is 0 Å². The lowest BCUT2D eigenvalue weighted by Gasteiger charge is -2.12. The minimum Gasteiger partial charge on any atom is -0.323 e. The number of carbonyl (C=O) groups is 1. The van der Waals surface area contributed by atoms with E-state index in [-0.39, 0.29) is 16.8 Å². The molecule has 1 unspecified atom stereocenters. The Morgan fingerprint density at radius 1 is 1.27 bits per heavy atom. The van der Waals surface area contributed by atoms with Crippen LogP contribution < -0.4 is 5.32 Å². The molecule has 0 heterocycles. The average molecular weight is 386 g/mol. The molecule has 0 aliphatic rings. The highest BCUT2D eigenvalue weighted by molar-refractivity contribution is 9.10. The zero-order valence-electron chi connectivity index (χ0n) is 11.8. The third-order valence-corrected chi connectivity index (χ3v) is 4.65. The lowest BCUT2D eigenvalue weighted by Crippen LogP contribution is -2.23. The molecule has 6 heteroatoms. The van der Waals surface area contributed by atoms with Crippen molar-refractivity contribution in [3.8, 4) is 0 Å². The maximum Gasteiger partial charge on any atom is 0.237 e. The summed E-state index contributed by atoms with van der Waals surface area (Å²) in [6.07, 6.45) is 0. The van der Waals surface area contributed by atoms with Gasteiger partial charge in [-0.15, -0.1) is 11.8 Å². The first kappa shape index (κ1) is 17.0. The Morgan fingerprint density at radius 3 is 2.77 bits per heavy atom. The van der Waals surface area contributed by atoms with Gasteiger partial charge in [0.05, 0.1) is 10.9 Å². The standard InChI is InChI=1S/C16H14BrF2NOS/c1-10(22-9-11-3-2-4-12(17)7-11)16(21)20-15-8-13(18)5-6-14(15)19/h2-8,10H,9H2,1H3,(H,20,21). The molecular weight excluding hydrogens is 372 g/mol. The van der Waals surface area contributed by atoms with E-state index in [9.17, 15) is 13.6 Å². The van der Waals surface area contributed by atoms with Crippen LogP contribution in [0.2, 0.25) is 0 Å². The van der Waals surface area contributed by atoms with Crippen LogP contribution >= 0.6 is 27.7 Å². The maximum atomic E-state index is 13.5. The van der Waals surface area contributed by atoms with Crippen LogP contribution in [0.1, 0.15) is 12.5 Å². The molecule has 0 fully saturated rings. The van der Waals surface area contributed by atoms with Crippen LogP contribution in [-0.4, -0.2) is 11.2 Å². The van der Waals surface area contributed by atoms with E-state index in [4.69, 9.17) is 0 Å². The van der Waals surface area contributed by atoms with Crippen molar-refractivity contribution in [1.82, 2.24) is 0 Å². The van der Waals surface area contributed by atoms with Crippen molar-refractivity contribution in [2.45, 2.75) is 17.9 Å². The van der Waals surface area contributed by atoms with E-state index < -0.39 is 11.6 Å². The van der Waals surface area contributed by atoms with Crippen LogP contribution in [0.3, 0.4) is 0 Å². The molecule has 1 amide bonds. The highest BCUT2D eigenvalue weighted by Crippen LogP contribution is 2.22. The van der Waals surface area contributed by atoms with Crippen LogP contribution in [0.4, 0.5) is 14.5 Å². The van der Waals surface area contributed by atoms with Crippen LogP contribution in [0.25, 0.3) is 0 Å². The molecule has 0 spiro atoms. The highest BCUT2D eigenvalue weighted by Gasteiger charge is 2.16. The first-order chi connectivity index (χ1) is 10.5. The Balaban J connectivity index is 1.93. The molecule has 2 nitrogen and oxygen atoms in total. The van der Waals surface area contributed by atoms with Crippen LogP contribution in [0.5, 0.6) is 0 Å². The van der Waals surface area contributed by atoms with Gasteiger partial charge in [-0.25, -0.2) is 8.78 Å². The summed E-state index contributed by atoms with van der Waals surface area (Å²) in [5, 5.41) is 2.03. The Hall–Kier alpha value is -1.40. The number of hydrogen-bond donors (Lipinski definition) is 1. The monoisotopic (exact) mass is 385 g/mol. The molecule has 1 atom stereocenters. The van der Waals surface area contributed by atoms with E-state index in [1.54, 1.807) is 6.92 Å². The van der Waals surface area contributed by atoms with Gasteiger partial charge in [0.15, 0.2) is 0 Å². The van der Waals surface area contributed by atoms with Crippen molar-refractivity contribution < 1.29 is 13.6 Å². The quantitative estimate of drug-likeness (QED) is 0.785. The molecule has 0 aromatic heterocycles. The smallest absolute Gasteiger partial charge is 0.237 e. The van der Waals surface area contributed by atoms with Crippen LogP contribution in [0, 0.1) is 11.6 Å². The molecule has 0 saturated carbocycles. The molecule has 0 aliphatic carbocycles. The minimum atomic E-state index is -0.654. The summed E-state index contributed by atoms with van der Waals surface area (Å²) in [5.41, 5.74) is 0.941. The SMILES string of the molecule is CC(SCc1cccc(Br)c1)C(=O)Nc1cc(F)ccc1F. The third kappa shape index (κ3) is 4.81. The van der Waals surface area contributed by atoms with Gasteiger partial charge in [-0.1, -0.05) is 28.1 Å². The number of amides is 1. The van der Waals surface area contributed by atoms with Crippen LogP contribution in [0.15, 0.2) is 46.9 Å². The number of halogens is 3. The van der Waals surface area contributed by atoms with E-state index in [2.05, 4.69) is 21.2 Å². The minimum absolute atomic E-state index is 0.139. The summed E-state index contributed by atoms with van der Waals surface area (Å²) in [6, 6.07) is 10.8. The summed E-state index contributed by atoms with van der Waals surface area (Å²) in [7, 11) is 0. The second-order valence-corrected chi connectivity index (χ2v) is 6.94. The molecule has 0 bridgehead atoms. The van der Waals surface area contributed by atoms with Crippen molar-refractivity contribution in [2.75, 3.05) is 5.32 Å². The Morgan fingerprint density at radius 2 is 2.05 bits per heavy atom. The molecule has 116 valence electrons. The summed E-state index contributed by atoms with van der Waals surface area (Å²) < 4.78 is 27.5. The Bertz CT molecular complexity index is 681. The number of rotatable bonds is 5. The molecule has 0 radical (unpaired) electrons. The number of anilines is 1. The Labute approximate surface area is 140 Å². The van der Waals surface area contributed by atoms with Gasteiger partial charge in [0.1, 0.15) is 11.6 Å². The largest absolute Gasteiger partial charge is 0.323 e. The van der Waals surface area contributed by atoms with Gasteiger partial charge in [-0.05, 0) is 36.8 Å². The average Bonchev–Trinajstić information content (AvgIpc) is 2.48. The Kier molecular flexibility index (Phi) is 5.97. The first-order valence-electron chi connectivity index (χ1n) is 6.57. The predicted molar refractivity (Wildman–Crippen MR) is 89.9 cm³/mol. The van der Waals surface area contributed by atoms with Gasteiger partial charge < -0.3 is 5.32 Å². The second-order valence-electron chi connectivity index (χ2n) is 4.70. The topological polar surface area (TPSA) is 29.1 Å². The zero-order chi connectivity index (χ0) is 16.1. The summed E-state index contributed by atoms with van der Waals surface area (Å²) in [5.74, 6) is -0.950. The molecule has 1 N–H and O–H groups in total. The number of thioether (sulfide) groups is 1.